The number of hydrogen-bond acceptors (Lipinski definition) is 4. The molecule has 0 bridgehead atoms. The molecule has 1 saturated heterocycles. The Bertz CT molecular complexity index is 1020. The summed E-state index contributed by atoms with van der Waals surface area (Å²) in [5.41, 5.74) is 8.16. The van der Waals surface area contributed by atoms with Gasteiger partial charge in [-0.2, -0.15) is 0 Å². The third kappa shape index (κ3) is 5.77. The Morgan fingerprint density at radius 3 is 2.32 bits per heavy atom. The van der Waals surface area contributed by atoms with Gasteiger partial charge in [0.1, 0.15) is 0 Å². The van der Waals surface area contributed by atoms with E-state index in [1.165, 1.54) is 35.1 Å². The lowest BCUT2D eigenvalue weighted by Gasteiger charge is -2.45. The topological polar surface area (TPSA) is 55.8 Å². The van der Waals surface area contributed by atoms with Crippen LogP contribution >= 0.6 is 0 Å². The van der Waals surface area contributed by atoms with E-state index in [9.17, 15) is 4.79 Å². The molecular formula is C29H39N3O2. The van der Waals surface area contributed by atoms with Gasteiger partial charge in [-0.25, -0.2) is 5.48 Å². The first-order valence-corrected chi connectivity index (χ1v) is 12.5. The summed E-state index contributed by atoms with van der Waals surface area (Å²) in [6.07, 6.45) is 6.06. The second-order valence-electron chi connectivity index (χ2n) is 11.0. The smallest absolute Gasteiger partial charge is 0.274 e. The Hall–Kier alpha value is -2.47. The van der Waals surface area contributed by atoms with Crippen molar-refractivity contribution in [2.24, 2.45) is 5.41 Å². The third-order valence-electron chi connectivity index (χ3n) is 7.59. The predicted octanol–water partition coefficient (Wildman–Crippen LogP) is 5.49. The third-order valence-corrected chi connectivity index (χ3v) is 7.59. The molecule has 0 spiro atoms. The molecule has 1 aliphatic carbocycles. The molecule has 2 N–H and O–H groups in total. The zero-order valence-electron chi connectivity index (χ0n) is 21.1. The number of nitrogens with zero attached hydrogens (tertiary/aromatic N) is 2. The molecule has 0 saturated carbocycles. The van der Waals surface area contributed by atoms with Crippen LogP contribution in [0.25, 0.3) is 5.57 Å². The van der Waals surface area contributed by atoms with Gasteiger partial charge in [0, 0.05) is 43.8 Å². The molecule has 0 unspecified atom stereocenters. The molecule has 1 amide bonds. The molecule has 5 heteroatoms. The minimum absolute atomic E-state index is 0.420. The summed E-state index contributed by atoms with van der Waals surface area (Å²) in [5.74, 6) is -0.476. The van der Waals surface area contributed by atoms with Gasteiger partial charge in [0.2, 0.25) is 0 Å². The van der Waals surface area contributed by atoms with Crippen molar-refractivity contribution in [1.29, 1.82) is 0 Å². The highest BCUT2D eigenvalue weighted by Crippen LogP contribution is 2.39. The van der Waals surface area contributed by atoms with E-state index in [4.69, 9.17) is 5.21 Å². The maximum absolute atomic E-state index is 11.6. The first-order valence-electron chi connectivity index (χ1n) is 12.5. The Morgan fingerprint density at radius 1 is 1.03 bits per heavy atom. The zero-order chi connectivity index (χ0) is 24.3. The van der Waals surface area contributed by atoms with Gasteiger partial charge < -0.3 is 0 Å². The Labute approximate surface area is 204 Å². The molecule has 1 fully saturated rings. The van der Waals surface area contributed by atoms with Crippen LogP contribution in [0.4, 0.5) is 0 Å². The second kappa shape index (κ2) is 10.4. The van der Waals surface area contributed by atoms with Gasteiger partial charge in [-0.05, 0) is 72.9 Å². The SMILES string of the molecule is C[C@@H]1CN(Cc2ccc(C(=O)NO)cc2)C[C@H](C)N1Cc1ccccc1C1=CCC(C)(C)CC1. The average molecular weight is 462 g/mol. The number of hydrogen-bond donors (Lipinski definition) is 2. The Kier molecular flexibility index (Phi) is 7.56. The highest BCUT2D eigenvalue weighted by Gasteiger charge is 2.30. The highest BCUT2D eigenvalue weighted by atomic mass is 16.5. The summed E-state index contributed by atoms with van der Waals surface area (Å²) in [6, 6.07) is 17.4. The van der Waals surface area contributed by atoms with Crippen molar-refractivity contribution in [2.45, 2.75) is 72.1 Å². The predicted molar refractivity (Wildman–Crippen MR) is 137 cm³/mol. The van der Waals surface area contributed by atoms with Gasteiger partial charge in [-0.3, -0.25) is 19.8 Å². The van der Waals surface area contributed by atoms with E-state index in [1.807, 2.05) is 12.1 Å². The number of piperazine rings is 1. The van der Waals surface area contributed by atoms with Crippen molar-refractivity contribution < 1.29 is 10.0 Å². The molecule has 1 heterocycles. The summed E-state index contributed by atoms with van der Waals surface area (Å²) in [4.78, 5) is 16.7. The molecule has 182 valence electrons. The molecular weight excluding hydrogens is 422 g/mol. The molecule has 2 aromatic carbocycles. The van der Waals surface area contributed by atoms with Crippen molar-refractivity contribution in [1.82, 2.24) is 15.3 Å². The number of carbonyl (C=O) groups is 1. The van der Waals surface area contributed by atoms with Crippen LogP contribution in [0, 0.1) is 5.41 Å². The number of benzene rings is 2. The van der Waals surface area contributed by atoms with Gasteiger partial charge >= 0.3 is 0 Å². The van der Waals surface area contributed by atoms with Crippen LogP contribution < -0.4 is 5.48 Å². The van der Waals surface area contributed by atoms with Crippen LogP contribution in [0.3, 0.4) is 0 Å². The summed E-state index contributed by atoms with van der Waals surface area (Å²) in [7, 11) is 0. The number of nitrogens with one attached hydrogen (secondary N) is 1. The normalized spacial score (nSPS) is 23.4. The van der Waals surface area contributed by atoms with Crippen molar-refractivity contribution >= 4 is 11.5 Å². The summed E-state index contributed by atoms with van der Waals surface area (Å²) < 4.78 is 0. The monoisotopic (exact) mass is 461 g/mol. The molecule has 2 atom stereocenters. The second-order valence-corrected chi connectivity index (χ2v) is 11.0. The lowest BCUT2D eigenvalue weighted by atomic mass is 9.76. The van der Waals surface area contributed by atoms with Gasteiger partial charge in [0.25, 0.3) is 5.91 Å². The minimum Gasteiger partial charge on any atom is -0.296 e. The molecule has 5 nitrogen and oxygen atoms in total. The molecule has 0 radical (unpaired) electrons. The Morgan fingerprint density at radius 2 is 1.71 bits per heavy atom. The Balaban J connectivity index is 1.41. The van der Waals surface area contributed by atoms with Crippen LogP contribution in [0.1, 0.15) is 74.0 Å². The lowest BCUT2D eigenvalue weighted by Crippen LogP contribution is -2.55. The molecule has 2 aromatic rings. The zero-order valence-corrected chi connectivity index (χ0v) is 21.1. The van der Waals surface area contributed by atoms with Crippen molar-refractivity contribution in [2.75, 3.05) is 13.1 Å². The largest absolute Gasteiger partial charge is 0.296 e. The molecule has 4 rings (SSSR count). The van der Waals surface area contributed by atoms with Crippen LogP contribution in [0.15, 0.2) is 54.6 Å². The number of hydroxylamine groups is 1. The van der Waals surface area contributed by atoms with E-state index < -0.39 is 5.91 Å². The quantitative estimate of drug-likeness (QED) is 0.441. The number of rotatable bonds is 6. The molecule has 1 aliphatic heterocycles. The van der Waals surface area contributed by atoms with Crippen molar-refractivity contribution in [3.05, 3.63) is 76.9 Å². The van der Waals surface area contributed by atoms with Crippen LogP contribution in [0.5, 0.6) is 0 Å². The fraction of sp³-hybridized carbons (Fsp3) is 0.483. The van der Waals surface area contributed by atoms with Gasteiger partial charge in [-0.15, -0.1) is 0 Å². The highest BCUT2D eigenvalue weighted by molar-refractivity contribution is 5.93. The molecule has 34 heavy (non-hydrogen) atoms. The van der Waals surface area contributed by atoms with E-state index in [0.29, 0.717) is 23.1 Å². The van der Waals surface area contributed by atoms with E-state index >= 15 is 0 Å². The van der Waals surface area contributed by atoms with E-state index in [0.717, 1.165) is 32.6 Å². The van der Waals surface area contributed by atoms with E-state index in [2.05, 4.69) is 67.8 Å². The van der Waals surface area contributed by atoms with Crippen molar-refractivity contribution in [3.8, 4) is 0 Å². The summed E-state index contributed by atoms with van der Waals surface area (Å²) >= 11 is 0. The van der Waals surface area contributed by atoms with Crippen molar-refractivity contribution in [3.63, 3.8) is 0 Å². The van der Waals surface area contributed by atoms with Gasteiger partial charge in [0.15, 0.2) is 0 Å². The molecule has 2 aliphatic rings. The maximum atomic E-state index is 11.6. The van der Waals surface area contributed by atoms with E-state index in [-0.39, 0.29) is 0 Å². The fourth-order valence-electron chi connectivity index (χ4n) is 5.48. The maximum Gasteiger partial charge on any atom is 0.274 e. The van der Waals surface area contributed by atoms with E-state index in [1.54, 1.807) is 17.6 Å². The van der Waals surface area contributed by atoms with Gasteiger partial charge in [0.05, 0.1) is 0 Å². The minimum atomic E-state index is -0.476. The summed E-state index contributed by atoms with van der Waals surface area (Å²) in [6.45, 7) is 13.3. The fourth-order valence-corrected chi connectivity index (χ4v) is 5.48. The van der Waals surface area contributed by atoms with Crippen LogP contribution in [-0.4, -0.2) is 46.1 Å². The first-order chi connectivity index (χ1) is 16.3. The first kappa shape index (κ1) is 24.6. The summed E-state index contributed by atoms with van der Waals surface area (Å²) in [5, 5.41) is 8.80. The lowest BCUT2D eigenvalue weighted by molar-refractivity contribution is 0.0290. The molecule has 0 aromatic heterocycles. The van der Waals surface area contributed by atoms with Crippen LogP contribution in [-0.2, 0) is 13.1 Å². The number of allylic oxidation sites excluding steroid dienone is 2. The van der Waals surface area contributed by atoms with Crippen LogP contribution in [0.2, 0.25) is 0 Å². The standard InChI is InChI=1S/C29H39N3O2/c1-21-17-31(19-23-9-11-25(12-10-23)28(33)30-34)18-22(2)32(21)20-26-7-5-6-8-27(26)24-13-15-29(3,4)16-14-24/h5-13,21-22,34H,14-20H2,1-4H3,(H,30,33)/t21-,22+. The number of amides is 1. The number of carbonyl (C=O) groups excluding carboxylic acids is 1. The van der Waals surface area contributed by atoms with Gasteiger partial charge in [-0.1, -0.05) is 56.3 Å². The average Bonchev–Trinajstić information content (AvgIpc) is 2.82.